The van der Waals surface area contributed by atoms with Gasteiger partial charge < -0.3 is 9.64 Å². The molecule has 0 N–H and O–H groups in total. The van der Waals surface area contributed by atoms with Crippen LogP contribution in [0.2, 0.25) is 0 Å². The van der Waals surface area contributed by atoms with Crippen LogP contribution in [0, 0.1) is 0 Å². The minimum Gasteiger partial charge on any atom is -0.370 e. The van der Waals surface area contributed by atoms with Crippen LogP contribution >= 0.6 is 11.3 Å². The number of carbonyl (C=O) groups is 1. The largest absolute Gasteiger partial charge is 0.471 e. The molecule has 6 nitrogen and oxygen atoms in total. The summed E-state index contributed by atoms with van der Waals surface area (Å²) in [6.45, 7) is 1.57. The first-order valence-corrected chi connectivity index (χ1v) is 10.2. The number of alkyl halides is 6. The van der Waals surface area contributed by atoms with Gasteiger partial charge in [0.25, 0.3) is 0 Å². The highest BCUT2D eigenvalue weighted by Crippen LogP contribution is 2.53. The molecule has 31 heavy (non-hydrogen) atoms. The second-order valence-electron chi connectivity index (χ2n) is 7.84. The molecule has 1 spiro atoms. The second-order valence-corrected chi connectivity index (χ2v) is 8.98. The zero-order chi connectivity index (χ0) is 22.8. The first-order chi connectivity index (χ1) is 14.3. The zero-order valence-corrected chi connectivity index (χ0v) is 17.2. The van der Waals surface area contributed by atoms with E-state index in [1.165, 1.54) is 24.9 Å². The minimum atomic E-state index is -5.11. The number of nitrogens with zero attached hydrogens (tertiary/aromatic N) is 4. The molecule has 2 aromatic rings. The highest BCUT2D eigenvalue weighted by Gasteiger charge is 2.55. The summed E-state index contributed by atoms with van der Waals surface area (Å²) in [7, 11) is 1.53. The van der Waals surface area contributed by atoms with Gasteiger partial charge in [-0.05, 0) is 18.6 Å². The number of thiophene rings is 1. The van der Waals surface area contributed by atoms with Crippen LogP contribution in [0.5, 0.6) is 0 Å². The number of hydrogen-bond donors (Lipinski definition) is 0. The quantitative estimate of drug-likeness (QED) is 0.595. The number of hydrogen-bond acceptors (Lipinski definition) is 5. The van der Waals surface area contributed by atoms with Crippen molar-refractivity contribution in [3.63, 3.8) is 0 Å². The van der Waals surface area contributed by atoms with Crippen molar-refractivity contribution in [3.05, 3.63) is 33.3 Å². The topological polar surface area (TPSA) is 60.2 Å². The fourth-order valence-corrected chi connectivity index (χ4v) is 5.62. The SMILES string of the molecule is C[C@H]1C[C@@]2(C[C@@H](c3cn(C)nn3)N1C(=O)C(F)(F)F)OCCc1sc(C(F)(F)F)cc12. The molecule has 1 amide bonds. The summed E-state index contributed by atoms with van der Waals surface area (Å²) in [4.78, 5) is 12.7. The lowest BCUT2D eigenvalue weighted by Crippen LogP contribution is -2.56. The minimum absolute atomic E-state index is 0.0629. The number of aryl methyl sites for hydroxylation is 1. The average molecular weight is 468 g/mol. The van der Waals surface area contributed by atoms with Gasteiger partial charge in [0, 0.05) is 37.2 Å². The number of fused-ring (bicyclic) bond motifs is 2. The standard InChI is InChI=1S/C18H18F6N4O2S/c1-9-6-16(10-5-14(17(19,20)21)31-13(10)3-4-30-16)7-12(11-8-27(2)26-25-11)28(9)15(29)18(22,23)24/h5,8-9,12H,3-4,6-7H2,1-2H3/t9-,12-,16-/m0/s1. The van der Waals surface area contributed by atoms with Gasteiger partial charge in [0.15, 0.2) is 0 Å². The van der Waals surface area contributed by atoms with Crippen molar-refractivity contribution < 1.29 is 35.9 Å². The van der Waals surface area contributed by atoms with E-state index in [0.717, 1.165) is 6.07 Å². The van der Waals surface area contributed by atoms with Crippen LogP contribution in [0.15, 0.2) is 12.3 Å². The summed E-state index contributed by atoms with van der Waals surface area (Å²) in [6.07, 6.45) is -8.18. The van der Waals surface area contributed by atoms with E-state index in [4.69, 9.17) is 4.74 Å². The van der Waals surface area contributed by atoms with Crippen molar-refractivity contribution in [2.45, 2.75) is 56.2 Å². The molecule has 2 aliphatic rings. The highest BCUT2D eigenvalue weighted by atomic mass is 32.1. The third kappa shape index (κ3) is 3.81. The molecule has 2 aromatic heterocycles. The normalized spacial score (nSPS) is 26.9. The lowest BCUT2D eigenvalue weighted by atomic mass is 9.75. The van der Waals surface area contributed by atoms with Crippen LogP contribution in [-0.2, 0) is 34.8 Å². The van der Waals surface area contributed by atoms with Crippen LogP contribution in [0.25, 0.3) is 0 Å². The lowest BCUT2D eigenvalue weighted by molar-refractivity contribution is -0.201. The molecule has 1 fully saturated rings. The van der Waals surface area contributed by atoms with Crippen molar-refractivity contribution in [2.75, 3.05) is 6.61 Å². The van der Waals surface area contributed by atoms with Crippen LogP contribution in [0.3, 0.4) is 0 Å². The Morgan fingerprint density at radius 2 is 1.97 bits per heavy atom. The van der Waals surface area contributed by atoms with Crippen LogP contribution in [-0.4, -0.2) is 44.6 Å². The maximum absolute atomic E-state index is 13.3. The number of piperidine rings is 1. The number of amides is 1. The molecular weight excluding hydrogens is 450 g/mol. The van der Waals surface area contributed by atoms with E-state index in [0.29, 0.717) is 26.7 Å². The number of halogens is 6. The maximum atomic E-state index is 13.3. The van der Waals surface area contributed by atoms with Crippen LogP contribution in [0.4, 0.5) is 26.3 Å². The molecule has 0 radical (unpaired) electrons. The second kappa shape index (κ2) is 7.19. The van der Waals surface area contributed by atoms with Gasteiger partial charge in [0.1, 0.15) is 10.6 Å². The van der Waals surface area contributed by atoms with E-state index in [9.17, 15) is 31.1 Å². The summed E-state index contributed by atoms with van der Waals surface area (Å²) < 4.78 is 87.2. The number of rotatable bonds is 1. The summed E-state index contributed by atoms with van der Waals surface area (Å²) in [5, 5.41) is 7.63. The molecule has 1 saturated heterocycles. The van der Waals surface area contributed by atoms with E-state index < -0.39 is 40.8 Å². The van der Waals surface area contributed by atoms with Crippen molar-refractivity contribution >= 4 is 17.2 Å². The Morgan fingerprint density at radius 3 is 2.55 bits per heavy atom. The Kier molecular flexibility index (Phi) is 5.11. The monoisotopic (exact) mass is 468 g/mol. The third-order valence-electron chi connectivity index (χ3n) is 5.68. The van der Waals surface area contributed by atoms with Crippen molar-refractivity contribution in [1.82, 2.24) is 19.9 Å². The Hall–Kier alpha value is -2.15. The Morgan fingerprint density at radius 1 is 1.26 bits per heavy atom. The summed E-state index contributed by atoms with van der Waals surface area (Å²) >= 11 is 0.626. The van der Waals surface area contributed by atoms with E-state index in [2.05, 4.69) is 10.3 Å². The summed E-state index contributed by atoms with van der Waals surface area (Å²) in [5.41, 5.74) is -0.804. The Bertz CT molecular complexity index is 1000. The van der Waals surface area contributed by atoms with Gasteiger partial charge in [0.05, 0.1) is 24.4 Å². The Labute approximate surface area is 176 Å². The molecule has 0 aliphatic carbocycles. The fraction of sp³-hybridized carbons (Fsp3) is 0.611. The smallest absolute Gasteiger partial charge is 0.370 e. The van der Waals surface area contributed by atoms with E-state index >= 15 is 0 Å². The lowest BCUT2D eigenvalue weighted by Gasteiger charge is -2.50. The highest BCUT2D eigenvalue weighted by molar-refractivity contribution is 7.12. The molecule has 0 unspecified atom stereocenters. The van der Waals surface area contributed by atoms with Gasteiger partial charge in [-0.15, -0.1) is 16.4 Å². The van der Waals surface area contributed by atoms with E-state index in [-0.39, 0.29) is 31.6 Å². The van der Waals surface area contributed by atoms with Gasteiger partial charge in [0.2, 0.25) is 0 Å². The first-order valence-electron chi connectivity index (χ1n) is 9.42. The fourth-order valence-electron chi connectivity index (χ4n) is 4.52. The maximum Gasteiger partial charge on any atom is 0.471 e. The predicted octanol–water partition coefficient (Wildman–Crippen LogP) is 3.98. The van der Waals surface area contributed by atoms with E-state index in [1.54, 1.807) is 0 Å². The number of likely N-dealkylation sites (tertiary alicyclic amines) is 1. The van der Waals surface area contributed by atoms with Gasteiger partial charge in [-0.25, -0.2) is 0 Å². The van der Waals surface area contributed by atoms with Crippen molar-refractivity contribution in [2.24, 2.45) is 7.05 Å². The molecule has 0 saturated carbocycles. The molecule has 0 aromatic carbocycles. The van der Waals surface area contributed by atoms with Crippen LogP contribution in [0.1, 0.15) is 46.8 Å². The molecule has 170 valence electrons. The predicted molar refractivity (Wildman–Crippen MR) is 96.0 cm³/mol. The summed E-state index contributed by atoms with van der Waals surface area (Å²) in [6, 6.07) is -1.09. The average Bonchev–Trinajstić information content (AvgIpc) is 3.27. The molecule has 3 atom stereocenters. The number of aromatic nitrogens is 3. The van der Waals surface area contributed by atoms with Crippen molar-refractivity contribution in [1.29, 1.82) is 0 Å². The third-order valence-corrected chi connectivity index (χ3v) is 6.92. The summed E-state index contributed by atoms with van der Waals surface area (Å²) in [5.74, 6) is -2.03. The number of ether oxygens (including phenoxy) is 1. The molecule has 0 bridgehead atoms. The van der Waals surface area contributed by atoms with Gasteiger partial charge in [-0.3, -0.25) is 9.48 Å². The Balaban J connectivity index is 1.80. The van der Waals surface area contributed by atoms with Gasteiger partial charge in [-0.1, -0.05) is 5.21 Å². The van der Waals surface area contributed by atoms with Crippen molar-refractivity contribution in [3.8, 4) is 0 Å². The van der Waals surface area contributed by atoms with E-state index in [1.807, 2.05) is 0 Å². The molecular formula is C18H18F6N4O2S. The van der Waals surface area contributed by atoms with Gasteiger partial charge in [-0.2, -0.15) is 26.3 Å². The first kappa shape index (κ1) is 22.1. The van der Waals surface area contributed by atoms with Gasteiger partial charge >= 0.3 is 18.3 Å². The molecule has 2 aliphatic heterocycles. The molecule has 13 heteroatoms. The van der Waals surface area contributed by atoms with Crippen LogP contribution < -0.4 is 0 Å². The number of carbonyl (C=O) groups excluding carboxylic acids is 1. The molecule has 4 rings (SSSR count). The molecule has 4 heterocycles. The zero-order valence-electron chi connectivity index (χ0n) is 16.4.